The standard InChI is InChI=1S/C17H25N3O6S/c1-10-15(12(3)26-18-10)27(24,25)19-8-6-13(7-9-19)16(21)20(14-4-5-14)11(2)17(22)23/h11,13-14H,4-9H2,1-3H3,(H,22,23). The number of piperidine rings is 1. The summed E-state index contributed by atoms with van der Waals surface area (Å²) in [5.41, 5.74) is 0.320. The quantitative estimate of drug-likeness (QED) is 0.762. The topological polar surface area (TPSA) is 121 Å². The minimum atomic E-state index is -3.73. The number of carboxylic acids is 1. The molecular weight excluding hydrogens is 374 g/mol. The lowest BCUT2D eigenvalue weighted by Gasteiger charge is -2.35. The van der Waals surface area contributed by atoms with Crippen LogP contribution in [-0.2, 0) is 19.6 Å². The maximum atomic E-state index is 12.9. The third-order valence-corrected chi connectivity index (χ3v) is 7.48. The van der Waals surface area contributed by atoms with E-state index in [9.17, 15) is 23.1 Å². The molecular formula is C17H25N3O6S. The van der Waals surface area contributed by atoms with Gasteiger partial charge in [-0.3, -0.25) is 4.79 Å². The van der Waals surface area contributed by atoms with Crippen LogP contribution in [0.3, 0.4) is 0 Å². The van der Waals surface area contributed by atoms with Crippen LogP contribution in [0.5, 0.6) is 0 Å². The zero-order valence-electron chi connectivity index (χ0n) is 15.7. The van der Waals surface area contributed by atoms with E-state index in [0.29, 0.717) is 18.5 Å². The van der Waals surface area contributed by atoms with Crippen molar-refractivity contribution in [1.29, 1.82) is 0 Å². The van der Waals surface area contributed by atoms with E-state index in [-0.39, 0.29) is 41.6 Å². The minimum Gasteiger partial charge on any atom is -0.480 e. The number of carbonyl (C=O) groups excluding carboxylic acids is 1. The number of aromatic nitrogens is 1. The fourth-order valence-electron chi connectivity index (χ4n) is 3.68. The second-order valence-corrected chi connectivity index (χ2v) is 9.20. The Kier molecular flexibility index (Phi) is 5.31. The summed E-state index contributed by atoms with van der Waals surface area (Å²) in [7, 11) is -3.73. The Labute approximate surface area is 158 Å². The Balaban J connectivity index is 1.70. The molecule has 2 fully saturated rings. The molecule has 1 aromatic heterocycles. The molecule has 2 heterocycles. The predicted molar refractivity (Wildman–Crippen MR) is 94.4 cm³/mol. The second-order valence-electron chi connectivity index (χ2n) is 7.32. The summed E-state index contributed by atoms with van der Waals surface area (Å²) in [6.07, 6.45) is 2.39. The second kappa shape index (κ2) is 7.23. The Morgan fingerprint density at radius 1 is 1.22 bits per heavy atom. The lowest BCUT2D eigenvalue weighted by atomic mass is 9.95. The zero-order valence-corrected chi connectivity index (χ0v) is 16.5. The summed E-state index contributed by atoms with van der Waals surface area (Å²) in [5.74, 6) is -1.31. The number of aliphatic carboxylic acids is 1. The first-order chi connectivity index (χ1) is 12.6. The number of hydrogen-bond donors (Lipinski definition) is 1. The molecule has 1 aliphatic heterocycles. The van der Waals surface area contributed by atoms with Gasteiger partial charge < -0.3 is 14.5 Å². The van der Waals surface area contributed by atoms with Crippen LogP contribution < -0.4 is 0 Å². The van der Waals surface area contributed by atoms with Crippen LogP contribution in [0.15, 0.2) is 9.42 Å². The maximum absolute atomic E-state index is 12.9. The first-order valence-electron chi connectivity index (χ1n) is 9.12. The summed E-state index contributed by atoms with van der Waals surface area (Å²) in [5, 5.41) is 13.0. The van der Waals surface area contributed by atoms with E-state index in [1.165, 1.54) is 16.1 Å². The summed E-state index contributed by atoms with van der Waals surface area (Å²) >= 11 is 0. The van der Waals surface area contributed by atoms with E-state index >= 15 is 0 Å². The lowest BCUT2D eigenvalue weighted by Crippen LogP contribution is -2.50. The van der Waals surface area contributed by atoms with Crippen molar-refractivity contribution in [2.24, 2.45) is 5.92 Å². The average molecular weight is 399 g/mol. The van der Waals surface area contributed by atoms with Crippen molar-refractivity contribution in [2.45, 2.75) is 63.4 Å². The molecule has 1 amide bonds. The van der Waals surface area contributed by atoms with Crippen molar-refractivity contribution in [3.05, 3.63) is 11.5 Å². The smallest absolute Gasteiger partial charge is 0.326 e. The number of hydrogen-bond acceptors (Lipinski definition) is 6. The van der Waals surface area contributed by atoms with E-state index < -0.39 is 22.0 Å². The van der Waals surface area contributed by atoms with Gasteiger partial charge in [0, 0.05) is 25.0 Å². The van der Waals surface area contributed by atoms with Crippen LogP contribution in [0.25, 0.3) is 0 Å². The highest BCUT2D eigenvalue weighted by molar-refractivity contribution is 7.89. The number of aryl methyl sites for hydroxylation is 2. The summed E-state index contributed by atoms with van der Waals surface area (Å²) in [6.45, 7) is 5.09. The normalized spacial score (nSPS) is 20.4. The Morgan fingerprint density at radius 3 is 2.26 bits per heavy atom. The van der Waals surface area contributed by atoms with Crippen molar-refractivity contribution in [3.8, 4) is 0 Å². The molecule has 1 unspecified atom stereocenters. The van der Waals surface area contributed by atoms with Crippen LogP contribution >= 0.6 is 0 Å². The van der Waals surface area contributed by atoms with Gasteiger partial charge in [0.25, 0.3) is 0 Å². The minimum absolute atomic E-state index is 0.00679. The molecule has 1 aromatic rings. The Hall–Kier alpha value is -1.94. The molecule has 0 aromatic carbocycles. The number of carboxylic acid groups (broad SMARTS) is 1. The molecule has 0 radical (unpaired) electrons. The molecule has 2 aliphatic rings. The summed E-state index contributed by atoms with van der Waals surface area (Å²) in [4.78, 5) is 25.8. The fourth-order valence-corrected chi connectivity index (χ4v) is 5.45. The number of amides is 1. The highest BCUT2D eigenvalue weighted by Crippen LogP contribution is 2.33. The third-order valence-electron chi connectivity index (χ3n) is 5.34. The van der Waals surface area contributed by atoms with Gasteiger partial charge in [0.1, 0.15) is 16.6 Å². The Bertz CT molecular complexity index is 817. The molecule has 150 valence electrons. The third kappa shape index (κ3) is 3.73. The van der Waals surface area contributed by atoms with E-state index in [0.717, 1.165) is 12.8 Å². The van der Waals surface area contributed by atoms with E-state index in [1.54, 1.807) is 13.8 Å². The first-order valence-corrected chi connectivity index (χ1v) is 10.6. The van der Waals surface area contributed by atoms with Gasteiger partial charge in [-0.25, -0.2) is 13.2 Å². The predicted octanol–water partition coefficient (Wildman–Crippen LogP) is 1.16. The Morgan fingerprint density at radius 2 is 1.81 bits per heavy atom. The van der Waals surface area contributed by atoms with Gasteiger partial charge in [-0.1, -0.05) is 5.16 Å². The van der Waals surface area contributed by atoms with Gasteiger partial charge in [-0.2, -0.15) is 4.31 Å². The van der Waals surface area contributed by atoms with Crippen molar-refractivity contribution in [2.75, 3.05) is 13.1 Å². The molecule has 1 aliphatic carbocycles. The van der Waals surface area contributed by atoms with E-state index in [2.05, 4.69) is 5.16 Å². The summed E-state index contributed by atoms with van der Waals surface area (Å²) < 4.78 is 32.1. The van der Waals surface area contributed by atoms with Crippen LogP contribution in [0, 0.1) is 19.8 Å². The maximum Gasteiger partial charge on any atom is 0.326 e. The fraction of sp³-hybridized carbons (Fsp3) is 0.706. The lowest BCUT2D eigenvalue weighted by molar-refractivity contribution is -0.152. The zero-order chi connectivity index (χ0) is 19.9. The molecule has 9 nitrogen and oxygen atoms in total. The molecule has 1 atom stereocenters. The van der Waals surface area contributed by atoms with Gasteiger partial charge in [0.2, 0.25) is 15.9 Å². The molecule has 27 heavy (non-hydrogen) atoms. The van der Waals surface area contributed by atoms with Crippen LogP contribution in [0.1, 0.15) is 44.1 Å². The van der Waals surface area contributed by atoms with Gasteiger partial charge >= 0.3 is 5.97 Å². The van der Waals surface area contributed by atoms with Gasteiger partial charge in [-0.05, 0) is 46.5 Å². The molecule has 3 rings (SSSR count). The number of sulfonamides is 1. The van der Waals surface area contributed by atoms with E-state index in [1.807, 2.05) is 0 Å². The number of nitrogens with zero attached hydrogens (tertiary/aromatic N) is 3. The van der Waals surface area contributed by atoms with Crippen LogP contribution in [0.4, 0.5) is 0 Å². The van der Waals surface area contributed by atoms with Gasteiger partial charge in [0.15, 0.2) is 5.76 Å². The van der Waals surface area contributed by atoms with Crippen molar-refractivity contribution in [1.82, 2.24) is 14.4 Å². The molecule has 1 saturated carbocycles. The molecule has 0 spiro atoms. The van der Waals surface area contributed by atoms with Gasteiger partial charge in [0.05, 0.1) is 0 Å². The van der Waals surface area contributed by atoms with Crippen molar-refractivity contribution < 1.29 is 27.6 Å². The monoisotopic (exact) mass is 399 g/mol. The van der Waals surface area contributed by atoms with E-state index in [4.69, 9.17) is 4.52 Å². The SMILES string of the molecule is Cc1noc(C)c1S(=O)(=O)N1CCC(C(=O)N(C2CC2)C(C)C(=O)O)CC1. The highest BCUT2D eigenvalue weighted by Gasteiger charge is 2.42. The van der Waals surface area contributed by atoms with Crippen LogP contribution in [0.2, 0.25) is 0 Å². The van der Waals surface area contributed by atoms with Crippen molar-refractivity contribution >= 4 is 21.9 Å². The molecule has 1 saturated heterocycles. The number of rotatable bonds is 6. The molecule has 0 bridgehead atoms. The number of carbonyl (C=O) groups is 2. The summed E-state index contributed by atoms with van der Waals surface area (Å²) in [6, 6.07) is -0.873. The first kappa shape index (κ1) is 19.8. The van der Waals surface area contributed by atoms with Crippen molar-refractivity contribution in [3.63, 3.8) is 0 Å². The highest BCUT2D eigenvalue weighted by atomic mass is 32.2. The molecule has 10 heteroatoms. The largest absolute Gasteiger partial charge is 0.480 e. The molecule has 1 N–H and O–H groups in total. The van der Waals surface area contributed by atoms with Gasteiger partial charge in [-0.15, -0.1) is 0 Å². The van der Waals surface area contributed by atoms with Crippen LogP contribution in [-0.4, -0.2) is 64.9 Å². The average Bonchev–Trinajstić information content (AvgIpc) is 3.38.